The molecule has 3 rings (SSSR count). The summed E-state index contributed by atoms with van der Waals surface area (Å²) in [6, 6.07) is 13.0. The minimum Gasteiger partial charge on any atom is -0.358 e. The molecule has 4 heteroatoms. The van der Waals surface area contributed by atoms with Crippen LogP contribution in [0.5, 0.6) is 0 Å². The van der Waals surface area contributed by atoms with Crippen molar-refractivity contribution in [1.29, 1.82) is 0 Å². The van der Waals surface area contributed by atoms with Crippen LogP contribution in [0.15, 0.2) is 46.9 Å². The molecule has 3 aromatic rings. The number of hydrogen-bond acceptors (Lipinski definition) is 1. The Morgan fingerprint density at radius 2 is 1.95 bits per heavy atom. The monoisotopic (exact) mass is 347 g/mol. The molecule has 20 heavy (non-hydrogen) atoms. The molecule has 0 aliphatic heterocycles. The molecule has 0 unspecified atom stereocenters. The standard InChI is InChI=1S/C16H11BrClNO/c1-9-15(11-4-2-3-5-14(11)19-9)16(20)12-8-10(18)6-7-13(12)17/h2-8,19H,1H3. The number of carbonyl (C=O) groups excluding carboxylic acids is 1. The number of H-pyrrole nitrogens is 1. The van der Waals surface area contributed by atoms with E-state index in [1.165, 1.54) is 0 Å². The summed E-state index contributed by atoms with van der Waals surface area (Å²) >= 11 is 9.42. The van der Waals surface area contributed by atoms with Crippen molar-refractivity contribution in [3.8, 4) is 0 Å². The molecule has 1 aromatic heterocycles. The Bertz CT molecular complexity index is 822. The molecule has 0 amide bonds. The van der Waals surface area contributed by atoms with Gasteiger partial charge in [0.1, 0.15) is 0 Å². The molecular formula is C16H11BrClNO. The average molecular weight is 349 g/mol. The van der Waals surface area contributed by atoms with Crippen molar-refractivity contribution in [1.82, 2.24) is 4.98 Å². The van der Waals surface area contributed by atoms with Gasteiger partial charge in [0.25, 0.3) is 0 Å². The van der Waals surface area contributed by atoms with Gasteiger partial charge in [-0.15, -0.1) is 0 Å². The molecule has 0 atom stereocenters. The molecule has 1 heterocycles. The van der Waals surface area contributed by atoms with Crippen LogP contribution in [-0.4, -0.2) is 10.8 Å². The number of halogens is 2. The van der Waals surface area contributed by atoms with E-state index in [0.29, 0.717) is 16.1 Å². The van der Waals surface area contributed by atoms with Crippen LogP contribution in [0.25, 0.3) is 10.9 Å². The number of benzene rings is 2. The fourth-order valence-electron chi connectivity index (χ4n) is 2.38. The van der Waals surface area contributed by atoms with Crippen LogP contribution in [0.2, 0.25) is 5.02 Å². The number of ketones is 1. The molecule has 2 aromatic carbocycles. The lowest BCUT2D eigenvalue weighted by Gasteiger charge is -2.05. The van der Waals surface area contributed by atoms with Crippen molar-refractivity contribution >= 4 is 44.2 Å². The lowest BCUT2D eigenvalue weighted by molar-refractivity contribution is 0.103. The molecule has 100 valence electrons. The first-order chi connectivity index (χ1) is 9.58. The zero-order valence-corrected chi connectivity index (χ0v) is 13.0. The van der Waals surface area contributed by atoms with Crippen molar-refractivity contribution < 1.29 is 4.79 Å². The predicted molar refractivity (Wildman–Crippen MR) is 85.6 cm³/mol. The molecule has 0 saturated carbocycles. The summed E-state index contributed by atoms with van der Waals surface area (Å²) in [6.45, 7) is 1.91. The van der Waals surface area contributed by atoms with E-state index in [0.717, 1.165) is 21.1 Å². The molecule has 0 spiro atoms. The molecule has 0 aliphatic rings. The number of aromatic nitrogens is 1. The van der Waals surface area contributed by atoms with Crippen molar-refractivity contribution in [3.05, 3.63) is 68.8 Å². The van der Waals surface area contributed by atoms with Crippen LogP contribution in [-0.2, 0) is 0 Å². The second kappa shape index (κ2) is 5.08. The maximum Gasteiger partial charge on any atom is 0.196 e. The maximum atomic E-state index is 12.8. The third-order valence-corrected chi connectivity index (χ3v) is 4.22. The highest BCUT2D eigenvalue weighted by Crippen LogP contribution is 2.29. The van der Waals surface area contributed by atoms with Gasteiger partial charge in [0.2, 0.25) is 0 Å². The Kier molecular flexibility index (Phi) is 3.40. The van der Waals surface area contributed by atoms with Crippen LogP contribution >= 0.6 is 27.5 Å². The van der Waals surface area contributed by atoms with Gasteiger partial charge in [-0.25, -0.2) is 0 Å². The molecule has 0 radical (unpaired) electrons. The van der Waals surface area contributed by atoms with Gasteiger partial charge in [-0.2, -0.15) is 0 Å². The molecule has 0 saturated heterocycles. The molecule has 0 fully saturated rings. The maximum absolute atomic E-state index is 12.8. The summed E-state index contributed by atoms with van der Waals surface area (Å²) in [5.41, 5.74) is 3.10. The Labute approximate surface area is 129 Å². The van der Waals surface area contributed by atoms with E-state index in [1.54, 1.807) is 18.2 Å². The highest BCUT2D eigenvalue weighted by atomic mass is 79.9. The summed E-state index contributed by atoms with van der Waals surface area (Å²) < 4.78 is 0.747. The highest BCUT2D eigenvalue weighted by molar-refractivity contribution is 9.10. The van der Waals surface area contributed by atoms with Gasteiger partial charge in [-0.05, 0) is 31.2 Å². The zero-order chi connectivity index (χ0) is 14.3. The number of carbonyl (C=O) groups is 1. The Hall–Kier alpha value is -1.58. The van der Waals surface area contributed by atoms with Gasteiger partial charge in [0.05, 0.1) is 5.56 Å². The van der Waals surface area contributed by atoms with Gasteiger partial charge >= 0.3 is 0 Å². The van der Waals surface area contributed by atoms with Crippen LogP contribution < -0.4 is 0 Å². The summed E-state index contributed by atoms with van der Waals surface area (Å²) in [6.07, 6.45) is 0. The summed E-state index contributed by atoms with van der Waals surface area (Å²) in [5.74, 6) is -0.0330. The lowest BCUT2D eigenvalue weighted by Crippen LogP contribution is -2.03. The van der Waals surface area contributed by atoms with Crippen molar-refractivity contribution in [3.63, 3.8) is 0 Å². The number of rotatable bonds is 2. The number of aromatic amines is 1. The normalized spacial score (nSPS) is 10.9. The number of para-hydroxylation sites is 1. The minimum absolute atomic E-state index is 0.0330. The molecule has 2 nitrogen and oxygen atoms in total. The SMILES string of the molecule is Cc1[nH]c2ccccc2c1C(=O)c1cc(Cl)ccc1Br. The smallest absolute Gasteiger partial charge is 0.196 e. The van der Waals surface area contributed by atoms with E-state index in [2.05, 4.69) is 20.9 Å². The predicted octanol–water partition coefficient (Wildman–Crippen LogP) is 5.12. The third-order valence-electron chi connectivity index (χ3n) is 3.29. The van der Waals surface area contributed by atoms with Crippen LogP contribution in [0.4, 0.5) is 0 Å². The largest absolute Gasteiger partial charge is 0.358 e. The first-order valence-corrected chi connectivity index (χ1v) is 7.32. The zero-order valence-electron chi connectivity index (χ0n) is 10.7. The highest BCUT2D eigenvalue weighted by Gasteiger charge is 2.19. The second-order valence-electron chi connectivity index (χ2n) is 4.62. The first-order valence-electron chi connectivity index (χ1n) is 6.15. The topological polar surface area (TPSA) is 32.9 Å². The van der Waals surface area contributed by atoms with Gasteiger partial charge < -0.3 is 4.98 Å². The van der Waals surface area contributed by atoms with Gasteiger partial charge in [-0.3, -0.25) is 4.79 Å². The summed E-state index contributed by atoms with van der Waals surface area (Å²) in [4.78, 5) is 16.0. The van der Waals surface area contributed by atoms with E-state index in [9.17, 15) is 4.79 Å². The van der Waals surface area contributed by atoms with E-state index in [-0.39, 0.29) is 5.78 Å². The number of fused-ring (bicyclic) bond motifs is 1. The first kappa shape index (κ1) is 13.4. The van der Waals surface area contributed by atoms with Crippen molar-refractivity contribution in [2.45, 2.75) is 6.92 Å². The Balaban J connectivity index is 2.22. The van der Waals surface area contributed by atoms with E-state index < -0.39 is 0 Å². The lowest BCUT2D eigenvalue weighted by atomic mass is 10.0. The Morgan fingerprint density at radius 1 is 1.20 bits per heavy atom. The number of hydrogen-bond donors (Lipinski definition) is 1. The summed E-state index contributed by atoms with van der Waals surface area (Å²) in [5, 5.41) is 1.48. The fourth-order valence-corrected chi connectivity index (χ4v) is 2.97. The van der Waals surface area contributed by atoms with Gasteiger partial charge in [0.15, 0.2) is 5.78 Å². The quantitative estimate of drug-likeness (QED) is 0.640. The van der Waals surface area contributed by atoms with Gasteiger partial charge in [0, 0.05) is 31.7 Å². The fraction of sp³-hybridized carbons (Fsp3) is 0.0625. The minimum atomic E-state index is -0.0330. The van der Waals surface area contributed by atoms with Crippen LogP contribution in [0.3, 0.4) is 0 Å². The second-order valence-corrected chi connectivity index (χ2v) is 5.91. The van der Waals surface area contributed by atoms with Crippen molar-refractivity contribution in [2.75, 3.05) is 0 Å². The van der Waals surface area contributed by atoms with Crippen LogP contribution in [0.1, 0.15) is 21.6 Å². The van der Waals surface area contributed by atoms with E-state index in [1.807, 2.05) is 31.2 Å². The summed E-state index contributed by atoms with van der Waals surface area (Å²) in [7, 11) is 0. The van der Waals surface area contributed by atoms with E-state index >= 15 is 0 Å². The van der Waals surface area contributed by atoms with Gasteiger partial charge in [-0.1, -0.05) is 45.7 Å². The molecule has 0 bridgehead atoms. The van der Waals surface area contributed by atoms with Crippen molar-refractivity contribution in [2.24, 2.45) is 0 Å². The average Bonchev–Trinajstić information content (AvgIpc) is 2.76. The Morgan fingerprint density at radius 3 is 2.75 bits per heavy atom. The molecular weight excluding hydrogens is 338 g/mol. The third kappa shape index (κ3) is 2.17. The van der Waals surface area contributed by atoms with E-state index in [4.69, 9.17) is 11.6 Å². The number of aryl methyl sites for hydroxylation is 1. The number of nitrogens with one attached hydrogen (secondary N) is 1. The molecule has 0 aliphatic carbocycles. The molecule has 1 N–H and O–H groups in total. The van der Waals surface area contributed by atoms with Crippen LogP contribution in [0, 0.1) is 6.92 Å².